The molecule has 0 heterocycles. The lowest BCUT2D eigenvalue weighted by Gasteiger charge is -2.08. The molecule has 1 amide bonds. The van der Waals surface area contributed by atoms with Crippen molar-refractivity contribution < 1.29 is 22.7 Å². The molecule has 3 aromatic carbocycles. The van der Waals surface area contributed by atoms with Gasteiger partial charge in [0.25, 0.3) is 5.91 Å². The number of sulfone groups is 1. The second kappa shape index (κ2) is 9.59. The maximum absolute atomic E-state index is 12.5. The van der Waals surface area contributed by atoms with Gasteiger partial charge in [-0.2, -0.15) is 0 Å². The molecule has 0 bridgehead atoms. The standard InChI is InChI=1S/C21H17BrClNO5S/c22-18-8-6-16(12-19(18)23)24-20(25)13-29-21(26)9-10-30(27,28)17-7-5-14-3-1-2-4-15(14)11-17/h1-8,11-12H,9-10,13H2,(H,24,25). The molecular formula is C21H17BrClNO5S. The van der Waals surface area contributed by atoms with Crippen LogP contribution in [0.5, 0.6) is 0 Å². The Hall–Kier alpha value is -2.42. The van der Waals surface area contributed by atoms with Crippen LogP contribution in [0.15, 0.2) is 70.0 Å². The number of hydrogen-bond donors (Lipinski definition) is 1. The maximum atomic E-state index is 12.5. The fraction of sp³-hybridized carbons (Fsp3) is 0.143. The SMILES string of the molecule is O=C(COC(=O)CCS(=O)(=O)c1ccc2ccccc2c1)Nc1ccc(Br)c(Cl)c1. The summed E-state index contributed by atoms with van der Waals surface area (Å²) in [5, 5.41) is 4.68. The van der Waals surface area contributed by atoms with Crippen LogP contribution < -0.4 is 5.32 Å². The van der Waals surface area contributed by atoms with Crippen LogP contribution in [0.2, 0.25) is 5.02 Å². The molecule has 0 saturated heterocycles. The highest BCUT2D eigenvalue weighted by atomic mass is 79.9. The molecule has 0 saturated carbocycles. The van der Waals surface area contributed by atoms with Crippen LogP contribution in [-0.4, -0.2) is 32.7 Å². The number of fused-ring (bicyclic) bond motifs is 1. The first kappa shape index (κ1) is 22.3. The van der Waals surface area contributed by atoms with E-state index < -0.39 is 34.1 Å². The minimum Gasteiger partial charge on any atom is -0.456 e. The first-order valence-corrected chi connectivity index (χ1v) is 11.7. The molecule has 0 unspecified atom stereocenters. The Labute approximate surface area is 187 Å². The normalized spacial score (nSPS) is 11.3. The van der Waals surface area contributed by atoms with Crippen molar-refractivity contribution in [1.29, 1.82) is 0 Å². The zero-order chi connectivity index (χ0) is 21.7. The third kappa shape index (κ3) is 5.81. The number of hydrogen-bond acceptors (Lipinski definition) is 5. The van der Waals surface area contributed by atoms with Crippen LogP contribution in [0.1, 0.15) is 6.42 Å². The summed E-state index contributed by atoms with van der Waals surface area (Å²) in [7, 11) is -3.66. The number of amides is 1. The van der Waals surface area contributed by atoms with Crippen molar-refractivity contribution in [2.75, 3.05) is 17.7 Å². The topological polar surface area (TPSA) is 89.5 Å². The van der Waals surface area contributed by atoms with Gasteiger partial charge in [-0.15, -0.1) is 0 Å². The molecule has 0 aliphatic carbocycles. The summed E-state index contributed by atoms with van der Waals surface area (Å²) in [5.41, 5.74) is 0.447. The van der Waals surface area contributed by atoms with E-state index in [4.69, 9.17) is 16.3 Å². The number of rotatable bonds is 7. The Balaban J connectivity index is 1.51. The van der Waals surface area contributed by atoms with Gasteiger partial charge in [0.05, 0.1) is 22.1 Å². The zero-order valence-corrected chi connectivity index (χ0v) is 18.8. The highest BCUT2D eigenvalue weighted by Gasteiger charge is 2.18. The van der Waals surface area contributed by atoms with Gasteiger partial charge in [0.1, 0.15) is 0 Å². The predicted molar refractivity (Wildman–Crippen MR) is 119 cm³/mol. The van der Waals surface area contributed by atoms with Gasteiger partial charge in [0.15, 0.2) is 16.4 Å². The average molecular weight is 511 g/mol. The zero-order valence-electron chi connectivity index (χ0n) is 15.6. The Bertz CT molecular complexity index is 1210. The van der Waals surface area contributed by atoms with Crippen molar-refractivity contribution in [2.24, 2.45) is 0 Å². The van der Waals surface area contributed by atoms with Crippen LogP contribution in [0, 0.1) is 0 Å². The molecule has 30 heavy (non-hydrogen) atoms. The lowest BCUT2D eigenvalue weighted by atomic mass is 10.1. The van der Waals surface area contributed by atoms with E-state index in [2.05, 4.69) is 21.2 Å². The first-order chi connectivity index (χ1) is 14.2. The second-order valence-corrected chi connectivity index (χ2v) is 9.79. The summed E-state index contributed by atoms with van der Waals surface area (Å²) in [5.74, 6) is -1.74. The van der Waals surface area contributed by atoms with Crippen molar-refractivity contribution in [1.82, 2.24) is 0 Å². The van der Waals surface area contributed by atoms with Crippen molar-refractivity contribution in [3.63, 3.8) is 0 Å². The molecule has 3 rings (SSSR count). The van der Waals surface area contributed by atoms with Gasteiger partial charge in [-0.25, -0.2) is 8.42 Å². The monoisotopic (exact) mass is 509 g/mol. The summed E-state index contributed by atoms with van der Waals surface area (Å²) in [6, 6.07) is 17.0. The van der Waals surface area contributed by atoms with Gasteiger partial charge < -0.3 is 10.1 Å². The summed E-state index contributed by atoms with van der Waals surface area (Å²) >= 11 is 9.20. The number of carbonyl (C=O) groups excluding carboxylic acids is 2. The fourth-order valence-corrected chi connectivity index (χ4v) is 4.37. The van der Waals surface area contributed by atoms with Crippen molar-refractivity contribution in [3.8, 4) is 0 Å². The Morgan fingerprint density at radius 1 is 1.00 bits per heavy atom. The second-order valence-electron chi connectivity index (χ2n) is 6.42. The molecule has 3 aromatic rings. The van der Waals surface area contributed by atoms with E-state index in [0.717, 1.165) is 10.8 Å². The van der Waals surface area contributed by atoms with Crippen LogP contribution >= 0.6 is 27.5 Å². The molecule has 1 N–H and O–H groups in total. The van der Waals surface area contributed by atoms with Crippen LogP contribution in [0.4, 0.5) is 5.69 Å². The summed E-state index contributed by atoms with van der Waals surface area (Å²) in [6.45, 7) is -0.525. The van der Waals surface area contributed by atoms with Gasteiger partial charge in [0, 0.05) is 10.2 Å². The Morgan fingerprint density at radius 3 is 2.47 bits per heavy atom. The number of carbonyl (C=O) groups is 2. The van der Waals surface area contributed by atoms with Crippen molar-refractivity contribution >= 4 is 65.7 Å². The van der Waals surface area contributed by atoms with Crippen LogP contribution in [0.25, 0.3) is 10.8 Å². The first-order valence-electron chi connectivity index (χ1n) is 8.87. The third-order valence-corrected chi connectivity index (χ3v) is 7.17. The molecule has 0 aliphatic heterocycles. The number of anilines is 1. The number of nitrogens with one attached hydrogen (secondary N) is 1. The minimum atomic E-state index is -3.66. The molecular weight excluding hydrogens is 494 g/mol. The lowest BCUT2D eigenvalue weighted by Crippen LogP contribution is -2.22. The van der Waals surface area contributed by atoms with Gasteiger partial charge in [-0.3, -0.25) is 9.59 Å². The van der Waals surface area contributed by atoms with Crippen molar-refractivity contribution in [2.45, 2.75) is 11.3 Å². The van der Waals surface area contributed by atoms with Crippen LogP contribution in [0.3, 0.4) is 0 Å². The molecule has 0 atom stereocenters. The van der Waals surface area contributed by atoms with Gasteiger partial charge in [-0.05, 0) is 57.0 Å². The third-order valence-electron chi connectivity index (χ3n) is 4.22. The summed E-state index contributed by atoms with van der Waals surface area (Å²) in [6.07, 6.45) is -0.355. The van der Waals surface area contributed by atoms with E-state index in [-0.39, 0.29) is 11.3 Å². The highest BCUT2D eigenvalue weighted by Crippen LogP contribution is 2.25. The number of benzene rings is 3. The van der Waals surface area contributed by atoms with E-state index in [0.29, 0.717) is 15.2 Å². The molecule has 9 heteroatoms. The smallest absolute Gasteiger partial charge is 0.307 e. The fourth-order valence-electron chi connectivity index (χ4n) is 2.69. The largest absolute Gasteiger partial charge is 0.456 e. The van der Waals surface area contributed by atoms with Gasteiger partial charge in [-0.1, -0.05) is 41.9 Å². The van der Waals surface area contributed by atoms with Crippen LogP contribution in [-0.2, 0) is 24.2 Å². The van der Waals surface area contributed by atoms with Gasteiger partial charge in [0.2, 0.25) is 0 Å². The quantitative estimate of drug-likeness (QED) is 0.469. The molecule has 0 radical (unpaired) electrons. The molecule has 0 spiro atoms. The number of halogens is 2. The Kier molecular flexibility index (Phi) is 7.12. The van der Waals surface area contributed by atoms with E-state index in [1.54, 1.807) is 30.3 Å². The molecule has 0 fully saturated rings. The van der Waals surface area contributed by atoms with E-state index in [1.807, 2.05) is 24.3 Å². The highest BCUT2D eigenvalue weighted by molar-refractivity contribution is 9.10. The number of esters is 1. The molecule has 0 aromatic heterocycles. The summed E-state index contributed by atoms with van der Waals surface area (Å²) < 4.78 is 30.6. The average Bonchev–Trinajstić information content (AvgIpc) is 2.73. The maximum Gasteiger partial charge on any atom is 0.307 e. The van der Waals surface area contributed by atoms with E-state index >= 15 is 0 Å². The Morgan fingerprint density at radius 2 is 1.73 bits per heavy atom. The molecule has 156 valence electrons. The molecule has 0 aliphatic rings. The van der Waals surface area contributed by atoms with Gasteiger partial charge >= 0.3 is 5.97 Å². The number of ether oxygens (including phenoxy) is 1. The molecule has 6 nitrogen and oxygen atoms in total. The van der Waals surface area contributed by atoms with Crippen molar-refractivity contribution in [3.05, 3.63) is 70.2 Å². The van der Waals surface area contributed by atoms with E-state index in [9.17, 15) is 18.0 Å². The summed E-state index contributed by atoms with van der Waals surface area (Å²) in [4.78, 5) is 23.9. The lowest BCUT2D eigenvalue weighted by molar-refractivity contribution is -0.146. The minimum absolute atomic E-state index is 0.138. The van der Waals surface area contributed by atoms with E-state index in [1.165, 1.54) is 6.07 Å². The predicted octanol–water partition coefficient (Wildman–Crippen LogP) is 4.60.